The molecular formula is C29H25Br2O3P. The number of rotatable bonds is 7. The van der Waals surface area contributed by atoms with Crippen LogP contribution in [-0.2, 0) is 9.47 Å². The zero-order valence-electron chi connectivity index (χ0n) is 19.2. The number of hydrogen-bond acceptors (Lipinski definition) is 3. The summed E-state index contributed by atoms with van der Waals surface area (Å²) in [5, 5.41) is 3.48. The van der Waals surface area contributed by atoms with E-state index < -0.39 is 13.4 Å². The van der Waals surface area contributed by atoms with E-state index >= 15 is 0 Å². The Balaban J connectivity index is 0.00000342. The van der Waals surface area contributed by atoms with Gasteiger partial charge in [0, 0.05) is 10.0 Å². The fraction of sp³-hybridized carbons (Fsp3) is 0.0690. The van der Waals surface area contributed by atoms with Crippen LogP contribution in [-0.4, -0.2) is 12.8 Å². The minimum atomic E-state index is -2.37. The van der Waals surface area contributed by atoms with E-state index in [1.807, 2.05) is 42.5 Å². The molecule has 6 heteroatoms. The lowest BCUT2D eigenvalue weighted by Gasteiger charge is -2.25. The van der Waals surface area contributed by atoms with E-state index in [0.29, 0.717) is 5.76 Å². The van der Waals surface area contributed by atoms with E-state index in [1.54, 1.807) is 6.92 Å². The summed E-state index contributed by atoms with van der Waals surface area (Å²) in [6, 6.07) is 39.0. The third kappa shape index (κ3) is 6.29. The molecule has 0 heterocycles. The molecule has 0 unspecified atom stereocenters. The van der Waals surface area contributed by atoms with Crippen molar-refractivity contribution in [3.63, 3.8) is 0 Å². The number of halogens is 2. The van der Waals surface area contributed by atoms with Gasteiger partial charge in [-0.15, -0.1) is 0 Å². The summed E-state index contributed by atoms with van der Waals surface area (Å²) in [6.07, 6.45) is -0.719. The fourth-order valence-corrected chi connectivity index (χ4v) is 7.93. The molecule has 4 aromatic carbocycles. The highest BCUT2D eigenvalue weighted by atomic mass is 79.9. The van der Waals surface area contributed by atoms with Crippen molar-refractivity contribution in [2.24, 2.45) is 0 Å². The van der Waals surface area contributed by atoms with Crippen LogP contribution in [0, 0.1) is 0 Å². The topological polar surface area (TPSA) is 35.5 Å². The Hall–Kier alpha value is -2.72. The standard InChI is InChI=1S/C29H25BrO3P.BrH/c1-2-32-29(31)33-28(23-18-20-24(30)21-19-23)22-34(25-12-6-3-7-13-25,26-14-8-4-9-15-26)27-16-10-5-11-17-27;/h3-22H,2H2,1H3;1H/q+1;/p-1/b28-22+;. The van der Waals surface area contributed by atoms with Crippen LogP contribution in [0.15, 0.2) is 126 Å². The third-order valence-corrected chi connectivity index (χ3v) is 9.87. The first-order chi connectivity index (χ1) is 16.6. The number of ether oxygens (including phenoxy) is 2. The summed E-state index contributed by atoms with van der Waals surface area (Å²) >= 11 is 3.50. The molecular weight excluding hydrogens is 587 g/mol. The van der Waals surface area contributed by atoms with Gasteiger partial charge in [0.15, 0.2) is 5.76 Å². The van der Waals surface area contributed by atoms with E-state index in [-0.39, 0.29) is 23.6 Å². The fourth-order valence-electron chi connectivity index (χ4n) is 3.85. The van der Waals surface area contributed by atoms with Gasteiger partial charge in [0.25, 0.3) is 0 Å². The molecule has 0 bridgehead atoms. The first kappa shape index (κ1) is 26.9. The number of carbonyl (C=O) groups is 1. The second-order valence-corrected chi connectivity index (χ2v) is 11.7. The van der Waals surface area contributed by atoms with Gasteiger partial charge in [-0.1, -0.05) is 70.5 Å². The number of carbonyl (C=O) groups excluding carboxylic acids is 1. The van der Waals surface area contributed by atoms with Gasteiger partial charge >= 0.3 is 6.16 Å². The molecule has 0 aliphatic heterocycles. The van der Waals surface area contributed by atoms with Gasteiger partial charge in [0.1, 0.15) is 29.0 Å². The van der Waals surface area contributed by atoms with E-state index in [1.165, 1.54) is 0 Å². The normalized spacial score (nSPS) is 11.3. The highest BCUT2D eigenvalue weighted by Crippen LogP contribution is 2.58. The summed E-state index contributed by atoms with van der Waals surface area (Å²) in [4.78, 5) is 12.5. The van der Waals surface area contributed by atoms with Crippen molar-refractivity contribution in [2.45, 2.75) is 6.92 Å². The molecule has 4 rings (SSSR count). The van der Waals surface area contributed by atoms with Crippen molar-refractivity contribution in [3.05, 3.63) is 131 Å². The van der Waals surface area contributed by atoms with Crippen LogP contribution in [0.4, 0.5) is 4.79 Å². The molecule has 35 heavy (non-hydrogen) atoms. The monoisotopic (exact) mass is 610 g/mol. The van der Waals surface area contributed by atoms with Gasteiger partial charge in [-0.25, -0.2) is 4.79 Å². The van der Waals surface area contributed by atoms with Crippen LogP contribution in [0.25, 0.3) is 5.76 Å². The summed E-state index contributed by atoms with van der Waals surface area (Å²) in [5.74, 6) is 2.60. The van der Waals surface area contributed by atoms with Crippen molar-refractivity contribution in [1.29, 1.82) is 0 Å². The molecule has 0 aliphatic carbocycles. The number of benzene rings is 4. The molecule has 0 aliphatic rings. The van der Waals surface area contributed by atoms with Gasteiger partial charge in [-0.05, 0) is 67.6 Å². The van der Waals surface area contributed by atoms with Crippen LogP contribution >= 0.6 is 23.2 Å². The molecule has 0 aromatic heterocycles. The van der Waals surface area contributed by atoms with Gasteiger partial charge in [0.2, 0.25) is 0 Å². The molecule has 0 radical (unpaired) electrons. The van der Waals surface area contributed by atoms with E-state index in [9.17, 15) is 4.79 Å². The summed E-state index contributed by atoms with van der Waals surface area (Å²) in [6.45, 7) is 2.00. The zero-order valence-corrected chi connectivity index (χ0v) is 23.2. The predicted molar refractivity (Wildman–Crippen MR) is 145 cm³/mol. The Morgan fingerprint density at radius 2 is 1.17 bits per heavy atom. The average Bonchev–Trinajstić information content (AvgIpc) is 2.89. The summed E-state index contributed by atoms with van der Waals surface area (Å²) in [5.41, 5.74) is 0.795. The number of hydrogen-bond donors (Lipinski definition) is 0. The van der Waals surface area contributed by atoms with Crippen molar-refractivity contribution < 1.29 is 31.2 Å². The Kier molecular flexibility index (Phi) is 9.85. The molecule has 178 valence electrons. The third-order valence-electron chi connectivity index (χ3n) is 5.39. The van der Waals surface area contributed by atoms with Crippen LogP contribution in [0.1, 0.15) is 12.5 Å². The van der Waals surface area contributed by atoms with Crippen LogP contribution in [0.5, 0.6) is 0 Å². The molecule has 0 N–H and O–H groups in total. The Morgan fingerprint density at radius 3 is 1.57 bits per heavy atom. The zero-order chi connectivity index (χ0) is 23.8. The highest BCUT2D eigenvalue weighted by Gasteiger charge is 2.45. The Morgan fingerprint density at radius 1 is 0.743 bits per heavy atom. The van der Waals surface area contributed by atoms with Crippen molar-refractivity contribution in [1.82, 2.24) is 0 Å². The molecule has 0 amide bonds. The minimum absolute atomic E-state index is 0. The molecule has 3 nitrogen and oxygen atoms in total. The van der Waals surface area contributed by atoms with E-state index in [2.05, 4.69) is 94.5 Å². The Labute approximate surface area is 226 Å². The van der Waals surface area contributed by atoms with Crippen molar-refractivity contribution in [3.8, 4) is 0 Å². The van der Waals surface area contributed by atoms with Crippen molar-refractivity contribution >= 4 is 51.0 Å². The van der Waals surface area contributed by atoms with Crippen LogP contribution in [0.2, 0.25) is 0 Å². The van der Waals surface area contributed by atoms with Crippen molar-refractivity contribution in [2.75, 3.05) is 6.61 Å². The smallest absolute Gasteiger partial charge is 0.513 e. The van der Waals surface area contributed by atoms with Gasteiger partial charge in [-0.2, -0.15) is 0 Å². The maximum absolute atomic E-state index is 12.5. The first-order valence-corrected chi connectivity index (χ1v) is 13.7. The second-order valence-electron chi connectivity index (χ2n) is 7.51. The highest BCUT2D eigenvalue weighted by molar-refractivity contribution is 9.10. The Bertz CT molecular complexity index is 1150. The maximum Gasteiger partial charge on any atom is 0.513 e. The summed E-state index contributed by atoms with van der Waals surface area (Å²) in [7, 11) is -2.37. The predicted octanol–water partition coefficient (Wildman–Crippen LogP) is 3.92. The second kappa shape index (κ2) is 12.8. The first-order valence-electron chi connectivity index (χ1n) is 11.0. The minimum Gasteiger partial charge on any atom is -1.00 e. The lowest BCUT2D eigenvalue weighted by atomic mass is 10.2. The van der Waals surface area contributed by atoms with Gasteiger partial charge in [-0.3, -0.25) is 0 Å². The van der Waals surface area contributed by atoms with Gasteiger partial charge < -0.3 is 26.5 Å². The maximum atomic E-state index is 12.5. The van der Waals surface area contributed by atoms with E-state index in [0.717, 1.165) is 25.9 Å². The molecule has 0 saturated carbocycles. The van der Waals surface area contributed by atoms with Gasteiger partial charge in [0.05, 0.1) is 6.61 Å². The lowest BCUT2D eigenvalue weighted by Crippen LogP contribution is -3.00. The van der Waals surface area contributed by atoms with E-state index in [4.69, 9.17) is 9.47 Å². The molecule has 4 aromatic rings. The largest absolute Gasteiger partial charge is 1.00 e. The molecule has 0 saturated heterocycles. The molecule has 0 atom stereocenters. The lowest BCUT2D eigenvalue weighted by molar-refractivity contribution is -0.0000185. The molecule has 0 spiro atoms. The average molecular weight is 612 g/mol. The molecule has 0 fully saturated rings. The van der Waals surface area contributed by atoms with Crippen LogP contribution < -0.4 is 32.9 Å². The quantitative estimate of drug-likeness (QED) is 0.181. The SMILES string of the molecule is CCOC(=O)O/C(=C/[P+](c1ccccc1)(c1ccccc1)c1ccccc1)c1ccc(Br)cc1.[Br-]. The summed E-state index contributed by atoms with van der Waals surface area (Å²) < 4.78 is 11.9. The van der Waals surface area contributed by atoms with Crippen LogP contribution in [0.3, 0.4) is 0 Å².